The average Bonchev–Trinajstić information content (AvgIpc) is 2.52. The summed E-state index contributed by atoms with van der Waals surface area (Å²) in [5, 5.41) is 19.0. The highest BCUT2D eigenvalue weighted by atomic mass is 16.6. The number of nitrogens with two attached hydrogens (primary N) is 1. The van der Waals surface area contributed by atoms with Crippen LogP contribution in [0.15, 0.2) is 48.5 Å². The fourth-order valence-electron chi connectivity index (χ4n) is 1.98. The van der Waals surface area contributed by atoms with E-state index in [1.54, 1.807) is 6.07 Å². The molecule has 2 rings (SSSR count). The van der Waals surface area contributed by atoms with Gasteiger partial charge in [-0.1, -0.05) is 30.3 Å². The molecule has 0 aliphatic rings. The van der Waals surface area contributed by atoms with Gasteiger partial charge < -0.3 is 20.7 Å². The number of amides is 1. The van der Waals surface area contributed by atoms with E-state index in [9.17, 15) is 9.90 Å². The van der Waals surface area contributed by atoms with E-state index in [1.165, 1.54) is 12.1 Å². The summed E-state index contributed by atoms with van der Waals surface area (Å²) < 4.78 is 5.22. The first-order chi connectivity index (χ1) is 10.6. The van der Waals surface area contributed by atoms with Gasteiger partial charge in [-0.05, 0) is 17.7 Å². The molecule has 0 unspecified atom stereocenters. The van der Waals surface area contributed by atoms with Crippen LogP contribution in [0.2, 0.25) is 0 Å². The lowest BCUT2D eigenvalue weighted by molar-refractivity contribution is 0.145. The molecule has 116 valence electrons. The van der Waals surface area contributed by atoms with Crippen molar-refractivity contribution in [1.29, 1.82) is 0 Å². The number of hydrogen-bond acceptors (Lipinski definition) is 5. The van der Waals surface area contributed by atoms with Crippen LogP contribution in [0.3, 0.4) is 0 Å². The van der Waals surface area contributed by atoms with Crippen molar-refractivity contribution in [3.8, 4) is 5.75 Å². The molecule has 6 nitrogen and oxygen atoms in total. The van der Waals surface area contributed by atoms with Crippen molar-refractivity contribution >= 4 is 17.5 Å². The summed E-state index contributed by atoms with van der Waals surface area (Å²) in [7, 11) is 0. The summed E-state index contributed by atoms with van der Waals surface area (Å²) >= 11 is 0. The molecule has 0 radical (unpaired) electrons. The van der Waals surface area contributed by atoms with Gasteiger partial charge in [0, 0.05) is 11.8 Å². The van der Waals surface area contributed by atoms with Gasteiger partial charge in [-0.15, -0.1) is 0 Å². The number of aliphatic hydroxyl groups excluding tert-OH is 1. The number of carbonyl (C=O) groups is 1. The topological polar surface area (TPSA) is 96.0 Å². The minimum absolute atomic E-state index is 0.00506. The van der Waals surface area contributed by atoms with Gasteiger partial charge in [0.2, 0.25) is 0 Å². The Kier molecular flexibility index (Phi) is 5.21. The monoisotopic (exact) mass is 302 g/mol. The number of benzene rings is 2. The van der Waals surface area contributed by atoms with E-state index in [-0.39, 0.29) is 31.2 Å². The summed E-state index contributed by atoms with van der Waals surface area (Å²) in [6.07, 6.45) is -0.655. The van der Waals surface area contributed by atoms with Gasteiger partial charge in [0.05, 0.1) is 18.8 Å². The molecule has 0 saturated heterocycles. The van der Waals surface area contributed by atoms with Gasteiger partial charge in [-0.25, -0.2) is 4.79 Å². The molecule has 0 aromatic heterocycles. The molecule has 6 heteroatoms. The largest absolute Gasteiger partial charge is 0.506 e. The minimum Gasteiger partial charge on any atom is -0.506 e. The molecule has 0 fully saturated rings. The Bertz CT molecular complexity index is 631. The molecule has 22 heavy (non-hydrogen) atoms. The predicted octanol–water partition coefficient (Wildman–Crippen LogP) is 2.11. The smallest absolute Gasteiger partial charge is 0.414 e. The van der Waals surface area contributed by atoms with Crippen molar-refractivity contribution in [2.24, 2.45) is 0 Å². The fourth-order valence-corrected chi connectivity index (χ4v) is 1.98. The van der Waals surface area contributed by atoms with Crippen molar-refractivity contribution in [3.63, 3.8) is 0 Å². The Hall–Kier alpha value is -2.73. The van der Waals surface area contributed by atoms with E-state index in [2.05, 4.69) is 0 Å². The van der Waals surface area contributed by atoms with Crippen LogP contribution < -0.4 is 10.6 Å². The van der Waals surface area contributed by atoms with Crippen LogP contribution in [0.4, 0.5) is 16.2 Å². The maximum Gasteiger partial charge on any atom is 0.414 e. The zero-order valence-corrected chi connectivity index (χ0v) is 12.0. The standard InChI is InChI=1S/C16H18N2O4/c17-13-6-7-14(15(20)10-13)18(8-9-19)16(21)22-11-12-4-2-1-3-5-12/h1-7,10,19-20H,8-9,11,17H2. The zero-order valence-electron chi connectivity index (χ0n) is 12.0. The molecule has 0 bridgehead atoms. The number of anilines is 2. The molecule has 0 heterocycles. The van der Waals surface area contributed by atoms with Gasteiger partial charge in [-0.3, -0.25) is 4.90 Å². The summed E-state index contributed by atoms with van der Waals surface area (Å²) in [6.45, 7) is -0.146. The summed E-state index contributed by atoms with van der Waals surface area (Å²) in [5.74, 6) is -0.148. The van der Waals surface area contributed by atoms with Crippen LogP contribution >= 0.6 is 0 Å². The first kappa shape index (κ1) is 15.7. The molecule has 2 aromatic carbocycles. The fraction of sp³-hybridized carbons (Fsp3) is 0.188. The Morgan fingerprint density at radius 2 is 1.91 bits per heavy atom. The number of carbonyl (C=O) groups excluding carboxylic acids is 1. The maximum atomic E-state index is 12.2. The van der Waals surface area contributed by atoms with Crippen molar-refractivity contribution in [1.82, 2.24) is 0 Å². The molecule has 0 atom stereocenters. The van der Waals surface area contributed by atoms with Gasteiger partial charge >= 0.3 is 6.09 Å². The lowest BCUT2D eigenvalue weighted by Crippen LogP contribution is -2.34. The second kappa shape index (κ2) is 7.33. The van der Waals surface area contributed by atoms with Crippen LogP contribution in [0.1, 0.15) is 5.56 Å². The Morgan fingerprint density at radius 1 is 1.18 bits per heavy atom. The molecular formula is C16H18N2O4. The van der Waals surface area contributed by atoms with Gasteiger partial charge in [0.15, 0.2) is 0 Å². The molecule has 0 aliphatic carbocycles. The SMILES string of the molecule is Nc1ccc(N(CCO)C(=O)OCc2ccccc2)c(O)c1. The summed E-state index contributed by atoms with van der Waals surface area (Å²) in [4.78, 5) is 13.4. The number of phenolic OH excluding ortho intramolecular Hbond substituents is 1. The van der Waals surface area contributed by atoms with Crippen LogP contribution in [0, 0.1) is 0 Å². The van der Waals surface area contributed by atoms with E-state index < -0.39 is 6.09 Å². The number of aliphatic hydroxyl groups is 1. The maximum absolute atomic E-state index is 12.2. The van der Waals surface area contributed by atoms with Crippen molar-refractivity contribution < 1.29 is 19.7 Å². The third-order valence-corrected chi connectivity index (χ3v) is 3.04. The minimum atomic E-state index is -0.655. The summed E-state index contributed by atoms with van der Waals surface area (Å²) in [6, 6.07) is 13.6. The highest BCUT2D eigenvalue weighted by Crippen LogP contribution is 2.29. The van der Waals surface area contributed by atoms with Crippen LogP contribution in [0.5, 0.6) is 5.75 Å². The number of ether oxygens (including phenoxy) is 1. The normalized spacial score (nSPS) is 10.2. The highest BCUT2D eigenvalue weighted by Gasteiger charge is 2.20. The third kappa shape index (κ3) is 3.89. The van der Waals surface area contributed by atoms with E-state index >= 15 is 0 Å². The van der Waals surface area contributed by atoms with Crippen molar-refractivity contribution in [2.45, 2.75) is 6.61 Å². The van der Waals surface area contributed by atoms with Crippen LogP contribution in [-0.4, -0.2) is 29.5 Å². The van der Waals surface area contributed by atoms with Crippen molar-refractivity contribution in [2.75, 3.05) is 23.8 Å². The van der Waals surface area contributed by atoms with Crippen LogP contribution in [-0.2, 0) is 11.3 Å². The Morgan fingerprint density at radius 3 is 2.55 bits per heavy atom. The lowest BCUT2D eigenvalue weighted by Gasteiger charge is -2.22. The Labute approximate surface area is 128 Å². The highest BCUT2D eigenvalue weighted by molar-refractivity contribution is 5.90. The summed E-state index contributed by atoms with van der Waals surface area (Å²) in [5.41, 5.74) is 7.03. The second-order valence-corrected chi connectivity index (χ2v) is 4.66. The number of aromatic hydroxyl groups is 1. The molecule has 0 saturated carbocycles. The van der Waals surface area contributed by atoms with E-state index in [1.807, 2.05) is 30.3 Å². The molecule has 0 spiro atoms. The van der Waals surface area contributed by atoms with E-state index in [4.69, 9.17) is 15.6 Å². The lowest BCUT2D eigenvalue weighted by atomic mass is 10.2. The number of hydrogen-bond donors (Lipinski definition) is 3. The molecule has 1 amide bonds. The van der Waals surface area contributed by atoms with Gasteiger partial charge in [0.25, 0.3) is 0 Å². The van der Waals surface area contributed by atoms with E-state index in [0.717, 1.165) is 10.5 Å². The number of rotatable bonds is 5. The van der Waals surface area contributed by atoms with E-state index in [0.29, 0.717) is 5.69 Å². The average molecular weight is 302 g/mol. The van der Waals surface area contributed by atoms with Gasteiger partial charge in [-0.2, -0.15) is 0 Å². The number of phenols is 1. The first-order valence-corrected chi connectivity index (χ1v) is 6.79. The first-order valence-electron chi connectivity index (χ1n) is 6.79. The predicted molar refractivity (Wildman–Crippen MR) is 83.6 cm³/mol. The molecule has 4 N–H and O–H groups in total. The number of nitrogen functional groups attached to an aromatic ring is 1. The third-order valence-electron chi connectivity index (χ3n) is 3.04. The second-order valence-electron chi connectivity index (χ2n) is 4.66. The number of nitrogens with zero attached hydrogens (tertiary/aromatic N) is 1. The molecule has 2 aromatic rings. The van der Waals surface area contributed by atoms with Crippen molar-refractivity contribution in [3.05, 3.63) is 54.1 Å². The van der Waals surface area contributed by atoms with Crippen LogP contribution in [0.25, 0.3) is 0 Å². The molecular weight excluding hydrogens is 284 g/mol. The Balaban J connectivity index is 2.11. The quantitative estimate of drug-likeness (QED) is 0.735. The zero-order chi connectivity index (χ0) is 15.9. The molecule has 0 aliphatic heterocycles. The van der Waals surface area contributed by atoms with Gasteiger partial charge in [0.1, 0.15) is 12.4 Å².